The first-order valence-corrected chi connectivity index (χ1v) is 12.0. The first-order chi connectivity index (χ1) is 16.4. The zero-order valence-corrected chi connectivity index (χ0v) is 20.5. The lowest BCUT2D eigenvalue weighted by atomic mass is 10.1. The van der Waals surface area contributed by atoms with E-state index in [1.54, 1.807) is 36.1 Å². The van der Waals surface area contributed by atoms with Gasteiger partial charge in [0.1, 0.15) is 5.82 Å². The molecule has 7 nitrogen and oxygen atoms in total. The number of ether oxygens (including phenoxy) is 1. The van der Waals surface area contributed by atoms with Crippen LogP contribution in [0.4, 0.5) is 13.2 Å². The number of halogens is 3. The third kappa shape index (κ3) is 5.51. The lowest BCUT2D eigenvalue weighted by Crippen LogP contribution is -2.48. The summed E-state index contributed by atoms with van der Waals surface area (Å²) < 4.78 is 47.1. The third-order valence-electron chi connectivity index (χ3n) is 5.67. The highest BCUT2D eigenvalue weighted by Crippen LogP contribution is 2.41. The summed E-state index contributed by atoms with van der Waals surface area (Å²) in [4.78, 5) is 37.7. The summed E-state index contributed by atoms with van der Waals surface area (Å²) in [7, 11) is 0. The Morgan fingerprint density at radius 1 is 1.17 bits per heavy atom. The van der Waals surface area contributed by atoms with E-state index in [1.165, 1.54) is 24.8 Å². The molecule has 1 aliphatic heterocycles. The molecule has 0 spiro atoms. The van der Waals surface area contributed by atoms with Crippen LogP contribution in [0.5, 0.6) is 0 Å². The Kier molecular flexibility index (Phi) is 6.92. The first-order valence-electron chi connectivity index (χ1n) is 11.1. The number of carbonyl (C=O) groups is 1. The average Bonchev–Trinajstić information content (AvgIpc) is 2.77. The Labute approximate surface area is 204 Å². The van der Waals surface area contributed by atoms with Gasteiger partial charge in [0.25, 0.3) is 11.5 Å². The number of fused-ring (bicyclic) bond motifs is 1. The molecular formula is C24H25F3N4O3S. The summed E-state index contributed by atoms with van der Waals surface area (Å²) in [6.07, 6.45) is -4.81. The number of pyridine rings is 1. The zero-order valence-electron chi connectivity index (χ0n) is 19.6. The quantitative estimate of drug-likeness (QED) is 0.514. The number of amides is 1. The molecule has 3 atom stereocenters. The molecule has 11 heteroatoms. The van der Waals surface area contributed by atoms with E-state index in [2.05, 4.69) is 15.0 Å². The van der Waals surface area contributed by atoms with Crippen molar-refractivity contribution in [1.29, 1.82) is 0 Å². The number of hydrogen-bond acceptors (Lipinski definition) is 6. The molecule has 4 rings (SSSR count). The van der Waals surface area contributed by atoms with E-state index in [9.17, 15) is 22.8 Å². The van der Waals surface area contributed by atoms with Gasteiger partial charge >= 0.3 is 6.18 Å². The van der Waals surface area contributed by atoms with Gasteiger partial charge in [-0.1, -0.05) is 0 Å². The highest BCUT2D eigenvalue weighted by molar-refractivity contribution is 7.99. The molecule has 2 aromatic heterocycles. The van der Waals surface area contributed by atoms with Crippen molar-refractivity contribution < 1.29 is 22.7 Å². The third-order valence-corrected chi connectivity index (χ3v) is 6.82. The maximum absolute atomic E-state index is 13.8. The monoisotopic (exact) mass is 506 g/mol. The second kappa shape index (κ2) is 9.62. The lowest BCUT2D eigenvalue weighted by molar-refractivity contribution is -0.141. The number of alkyl halides is 3. The fourth-order valence-electron chi connectivity index (χ4n) is 4.20. The van der Waals surface area contributed by atoms with Gasteiger partial charge in [-0.05, 0) is 63.6 Å². The minimum Gasteiger partial charge on any atom is -0.372 e. The van der Waals surface area contributed by atoms with E-state index >= 15 is 0 Å². The van der Waals surface area contributed by atoms with Crippen molar-refractivity contribution in [3.8, 4) is 0 Å². The van der Waals surface area contributed by atoms with Crippen molar-refractivity contribution in [3.63, 3.8) is 0 Å². The van der Waals surface area contributed by atoms with Crippen LogP contribution in [0.2, 0.25) is 0 Å². The molecule has 0 bridgehead atoms. The molecule has 1 fully saturated rings. The molecular weight excluding hydrogens is 481 g/mol. The Morgan fingerprint density at radius 2 is 1.80 bits per heavy atom. The van der Waals surface area contributed by atoms with Gasteiger partial charge in [0.05, 0.1) is 17.6 Å². The molecule has 35 heavy (non-hydrogen) atoms. The number of thioether (sulfide) groups is 1. The van der Waals surface area contributed by atoms with Gasteiger partial charge in [0, 0.05) is 28.8 Å². The SMILES string of the molecule is Cc1nc2nc(C(F)(F)F)c([C@H](C)Sc3ccc(C(=O)N4C[C@@H](C)O[C@@H](C)C4)cc3)cc2c(=O)[nH]1. The Morgan fingerprint density at radius 3 is 2.40 bits per heavy atom. The van der Waals surface area contributed by atoms with Crippen molar-refractivity contribution in [2.45, 2.75) is 56.2 Å². The molecule has 0 unspecified atom stereocenters. The van der Waals surface area contributed by atoms with Gasteiger partial charge in [0.15, 0.2) is 11.3 Å². The molecule has 0 radical (unpaired) electrons. The zero-order chi connectivity index (χ0) is 25.5. The number of rotatable bonds is 4. The molecule has 3 heterocycles. The van der Waals surface area contributed by atoms with Gasteiger partial charge in [-0.15, -0.1) is 11.8 Å². The van der Waals surface area contributed by atoms with Crippen molar-refractivity contribution in [2.75, 3.05) is 13.1 Å². The number of benzene rings is 1. The molecule has 0 saturated carbocycles. The smallest absolute Gasteiger partial charge is 0.372 e. The number of aryl methyl sites for hydroxylation is 1. The van der Waals surface area contributed by atoms with Crippen molar-refractivity contribution in [1.82, 2.24) is 19.9 Å². The fourth-order valence-corrected chi connectivity index (χ4v) is 5.20. The summed E-state index contributed by atoms with van der Waals surface area (Å²) >= 11 is 1.18. The summed E-state index contributed by atoms with van der Waals surface area (Å²) in [5.41, 5.74) is -1.46. The number of morpholine rings is 1. The second-order valence-corrected chi connectivity index (χ2v) is 10.1. The van der Waals surface area contributed by atoms with Crippen LogP contribution in [0.1, 0.15) is 53.5 Å². The maximum Gasteiger partial charge on any atom is 0.433 e. The molecule has 1 aromatic carbocycles. The fraction of sp³-hybridized carbons (Fsp3) is 0.417. The van der Waals surface area contributed by atoms with Crippen LogP contribution in [0.3, 0.4) is 0 Å². The number of hydrogen-bond donors (Lipinski definition) is 1. The van der Waals surface area contributed by atoms with Crippen LogP contribution >= 0.6 is 11.8 Å². The van der Waals surface area contributed by atoms with E-state index in [4.69, 9.17) is 4.74 Å². The molecule has 1 N–H and O–H groups in total. The summed E-state index contributed by atoms with van der Waals surface area (Å²) in [5.74, 6) is 0.0747. The van der Waals surface area contributed by atoms with Crippen LogP contribution in [0, 0.1) is 6.92 Å². The van der Waals surface area contributed by atoms with E-state index in [0.717, 1.165) is 0 Å². The molecule has 0 aliphatic carbocycles. The van der Waals surface area contributed by atoms with Crippen molar-refractivity contribution >= 4 is 28.7 Å². The standard InChI is InChI=1S/C24H25F3N4O3S/c1-12-10-31(11-13(2)34-12)23(33)16-5-7-17(8-6-16)35-14(3)18-9-19-21(28-15(4)29-22(19)32)30-20(18)24(25,26)27/h5-9,12-14H,10-11H2,1-4H3,(H,28,29,30,32)/t12-,13+,14-/m0/s1. The Hall–Kier alpha value is -2.92. The van der Waals surface area contributed by atoms with E-state index in [0.29, 0.717) is 23.5 Å². The maximum atomic E-state index is 13.8. The van der Waals surface area contributed by atoms with Crippen molar-refractivity contribution in [2.24, 2.45) is 0 Å². The number of nitrogens with zero attached hydrogens (tertiary/aromatic N) is 3. The van der Waals surface area contributed by atoms with Crippen LogP contribution < -0.4 is 5.56 Å². The first kappa shape index (κ1) is 25.2. The predicted octanol–water partition coefficient (Wildman–Crippen LogP) is 4.75. The van der Waals surface area contributed by atoms with Crippen LogP contribution in [0.15, 0.2) is 40.0 Å². The number of aromatic nitrogens is 3. The number of H-pyrrole nitrogens is 1. The average molecular weight is 507 g/mol. The highest BCUT2D eigenvalue weighted by atomic mass is 32.2. The molecule has 3 aromatic rings. The lowest BCUT2D eigenvalue weighted by Gasteiger charge is -2.35. The minimum absolute atomic E-state index is 0.000891. The normalized spacial score (nSPS) is 19.7. The van der Waals surface area contributed by atoms with Gasteiger partial charge in [-0.2, -0.15) is 13.2 Å². The van der Waals surface area contributed by atoms with Crippen LogP contribution in [-0.4, -0.2) is 51.1 Å². The molecule has 1 aliphatic rings. The Balaban J connectivity index is 1.59. The van der Waals surface area contributed by atoms with E-state index < -0.39 is 22.7 Å². The van der Waals surface area contributed by atoms with E-state index in [-0.39, 0.29) is 40.5 Å². The van der Waals surface area contributed by atoms with Gasteiger partial charge in [-0.25, -0.2) is 9.97 Å². The van der Waals surface area contributed by atoms with Gasteiger partial charge < -0.3 is 14.6 Å². The molecule has 1 saturated heterocycles. The van der Waals surface area contributed by atoms with Crippen LogP contribution in [0.25, 0.3) is 11.0 Å². The molecule has 1 amide bonds. The number of aromatic amines is 1. The number of nitrogens with one attached hydrogen (secondary N) is 1. The topological polar surface area (TPSA) is 88.2 Å². The predicted molar refractivity (Wildman–Crippen MR) is 127 cm³/mol. The largest absolute Gasteiger partial charge is 0.433 e. The van der Waals surface area contributed by atoms with Crippen molar-refractivity contribution in [3.05, 3.63) is 63.3 Å². The second-order valence-electron chi connectivity index (χ2n) is 8.70. The van der Waals surface area contributed by atoms with Gasteiger partial charge in [0.2, 0.25) is 0 Å². The molecule has 186 valence electrons. The van der Waals surface area contributed by atoms with Gasteiger partial charge in [-0.3, -0.25) is 9.59 Å². The number of carbonyl (C=O) groups excluding carboxylic acids is 1. The van der Waals surface area contributed by atoms with E-state index in [1.807, 2.05) is 13.8 Å². The summed E-state index contributed by atoms with van der Waals surface area (Å²) in [5, 5.41) is -0.673. The van der Waals surface area contributed by atoms with Crippen LogP contribution in [-0.2, 0) is 10.9 Å². The Bertz CT molecular complexity index is 1300. The summed E-state index contributed by atoms with van der Waals surface area (Å²) in [6.45, 7) is 7.93. The summed E-state index contributed by atoms with van der Waals surface area (Å²) in [6, 6.07) is 7.97. The minimum atomic E-state index is -4.71. The highest BCUT2D eigenvalue weighted by Gasteiger charge is 2.37.